The lowest BCUT2D eigenvalue weighted by Crippen LogP contribution is -2.23. The molecule has 1 aromatic heterocycles. The number of hydrogen-bond acceptors (Lipinski definition) is 2. The summed E-state index contributed by atoms with van der Waals surface area (Å²) in [5, 5.41) is 1.76. The largest absolute Gasteiger partial charge is 0.497 e. The molecule has 1 aliphatic rings. The fourth-order valence-electron chi connectivity index (χ4n) is 3.52. The van der Waals surface area contributed by atoms with Crippen LogP contribution in [0, 0.1) is 0 Å². The van der Waals surface area contributed by atoms with E-state index in [1.165, 1.54) is 16.7 Å². The Hall–Kier alpha value is -2.55. The summed E-state index contributed by atoms with van der Waals surface area (Å²) >= 11 is 0. The zero-order valence-corrected chi connectivity index (χ0v) is 12.7. The van der Waals surface area contributed by atoms with Crippen molar-refractivity contribution in [3.63, 3.8) is 0 Å². The lowest BCUT2D eigenvalue weighted by atomic mass is 10.0. The summed E-state index contributed by atoms with van der Waals surface area (Å²) in [4.78, 5) is 12.8. The second-order valence-corrected chi connectivity index (χ2v) is 5.62. The van der Waals surface area contributed by atoms with Crippen LogP contribution < -0.4 is 10.3 Å². The monoisotopic (exact) mass is 291 g/mol. The van der Waals surface area contributed by atoms with E-state index >= 15 is 0 Å². The van der Waals surface area contributed by atoms with E-state index in [1.54, 1.807) is 7.11 Å². The fourth-order valence-corrected chi connectivity index (χ4v) is 3.52. The molecule has 1 aliphatic carbocycles. The number of benzene rings is 2. The number of fused-ring (bicyclic) bond motifs is 5. The molecule has 1 heterocycles. The van der Waals surface area contributed by atoms with Crippen LogP contribution in [0.5, 0.6) is 5.75 Å². The van der Waals surface area contributed by atoms with Crippen LogP contribution in [0.1, 0.15) is 18.2 Å². The van der Waals surface area contributed by atoms with Crippen molar-refractivity contribution in [2.75, 3.05) is 7.11 Å². The van der Waals surface area contributed by atoms with E-state index in [2.05, 4.69) is 24.3 Å². The minimum atomic E-state index is 0.0722. The van der Waals surface area contributed by atoms with Gasteiger partial charge in [-0.25, -0.2) is 0 Å². The van der Waals surface area contributed by atoms with Gasteiger partial charge in [0.2, 0.25) is 0 Å². The summed E-state index contributed by atoms with van der Waals surface area (Å²) in [5.41, 5.74) is 4.95. The standard InChI is InChI=1S/C19H17NO2/c1-3-20-17-10-12-6-4-5-7-14(12)18(17)15-9-8-13(22-2)11-16(15)19(20)21/h4-9,11H,3,10H2,1-2H3. The molecule has 0 unspecified atom stereocenters. The maximum atomic E-state index is 12.8. The first-order valence-electron chi connectivity index (χ1n) is 7.56. The molecule has 0 atom stereocenters. The van der Waals surface area contributed by atoms with Crippen molar-refractivity contribution < 1.29 is 4.74 Å². The Morgan fingerprint density at radius 2 is 1.95 bits per heavy atom. The van der Waals surface area contributed by atoms with Crippen molar-refractivity contribution in [1.82, 2.24) is 4.57 Å². The summed E-state index contributed by atoms with van der Waals surface area (Å²) in [6.45, 7) is 2.71. The zero-order valence-electron chi connectivity index (χ0n) is 12.7. The summed E-state index contributed by atoms with van der Waals surface area (Å²) in [5.74, 6) is 0.721. The molecule has 2 aromatic carbocycles. The van der Waals surface area contributed by atoms with Crippen molar-refractivity contribution in [3.05, 3.63) is 64.1 Å². The predicted octanol–water partition coefficient (Wildman–Crippen LogP) is 3.60. The third-order valence-electron chi connectivity index (χ3n) is 4.55. The summed E-state index contributed by atoms with van der Waals surface area (Å²) in [6, 6.07) is 14.2. The van der Waals surface area contributed by atoms with Crippen LogP contribution in [-0.2, 0) is 13.0 Å². The highest BCUT2D eigenvalue weighted by Gasteiger charge is 2.25. The minimum absolute atomic E-state index is 0.0722. The van der Waals surface area contributed by atoms with Crippen molar-refractivity contribution in [1.29, 1.82) is 0 Å². The van der Waals surface area contributed by atoms with E-state index in [0.29, 0.717) is 6.54 Å². The van der Waals surface area contributed by atoms with E-state index in [1.807, 2.05) is 29.7 Å². The van der Waals surface area contributed by atoms with Gasteiger partial charge in [-0.2, -0.15) is 0 Å². The van der Waals surface area contributed by atoms with Crippen LogP contribution >= 0.6 is 0 Å². The van der Waals surface area contributed by atoms with Crippen LogP contribution in [0.4, 0.5) is 0 Å². The Balaban J connectivity index is 2.18. The molecule has 3 aromatic rings. The van der Waals surface area contributed by atoms with Crippen molar-refractivity contribution in [2.45, 2.75) is 19.9 Å². The average molecular weight is 291 g/mol. The molecule has 3 heteroatoms. The van der Waals surface area contributed by atoms with Gasteiger partial charge in [0.25, 0.3) is 5.56 Å². The Bertz CT molecular complexity index is 954. The number of hydrogen-bond donors (Lipinski definition) is 0. The number of nitrogens with zero attached hydrogens (tertiary/aromatic N) is 1. The number of rotatable bonds is 2. The molecule has 0 spiro atoms. The van der Waals surface area contributed by atoms with Crippen molar-refractivity contribution in [2.24, 2.45) is 0 Å². The molecule has 3 nitrogen and oxygen atoms in total. The molecule has 0 saturated carbocycles. The van der Waals surface area contributed by atoms with Gasteiger partial charge < -0.3 is 9.30 Å². The number of ether oxygens (including phenoxy) is 1. The smallest absolute Gasteiger partial charge is 0.258 e. The van der Waals surface area contributed by atoms with Gasteiger partial charge >= 0.3 is 0 Å². The highest BCUT2D eigenvalue weighted by atomic mass is 16.5. The predicted molar refractivity (Wildman–Crippen MR) is 88.7 cm³/mol. The molecule has 0 amide bonds. The molecule has 0 N–H and O–H groups in total. The zero-order chi connectivity index (χ0) is 15.3. The molecule has 0 saturated heterocycles. The second kappa shape index (κ2) is 4.73. The number of aromatic nitrogens is 1. The van der Waals surface area contributed by atoms with E-state index in [4.69, 9.17) is 4.74 Å². The Kier molecular flexibility index (Phi) is 2.83. The highest BCUT2D eigenvalue weighted by Crippen LogP contribution is 2.40. The Morgan fingerprint density at radius 3 is 2.73 bits per heavy atom. The lowest BCUT2D eigenvalue weighted by molar-refractivity contribution is 0.415. The minimum Gasteiger partial charge on any atom is -0.497 e. The third kappa shape index (κ3) is 1.65. The van der Waals surface area contributed by atoms with E-state index in [9.17, 15) is 4.79 Å². The normalized spacial score (nSPS) is 12.3. The van der Waals surface area contributed by atoms with E-state index in [-0.39, 0.29) is 5.56 Å². The average Bonchev–Trinajstić information content (AvgIpc) is 2.94. The molecule has 0 aliphatic heterocycles. The van der Waals surface area contributed by atoms with Gasteiger partial charge in [-0.1, -0.05) is 24.3 Å². The van der Waals surface area contributed by atoms with Crippen LogP contribution in [0.3, 0.4) is 0 Å². The quantitative estimate of drug-likeness (QED) is 0.565. The first-order valence-corrected chi connectivity index (χ1v) is 7.56. The van der Waals surface area contributed by atoms with Crippen LogP contribution in [0.25, 0.3) is 21.9 Å². The molecule has 22 heavy (non-hydrogen) atoms. The molecule has 110 valence electrons. The SMILES string of the molecule is CCn1c2c(c3ccc(OC)cc3c1=O)-c1ccccc1C2. The molecular formula is C19H17NO2. The van der Waals surface area contributed by atoms with E-state index < -0.39 is 0 Å². The first kappa shape index (κ1) is 13.1. The van der Waals surface area contributed by atoms with Gasteiger partial charge in [-0.15, -0.1) is 0 Å². The van der Waals surface area contributed by atoms with Crippen molar-refractivity contribution >= 4 is 10.8 Å². The topological polar surface area (TPSA) is 31.2 Å². The van der Waals surface area contributed by atoms with Crippen LogP contribution in [0.15, 0.2) is 47.3 Å². The number of pyridine rings is 1. The van der Waals surface area contributed by atoms with Gasteiger partial charge in [0.15, 0.2) is 0 Å². The van der Waals surface area contributed by atoms with Crippen LogP contribution in [-0.4, -0.2) is 11.7 Å². The second-order valence-electron chi connectivity index (χ2n) is 5.62. The van der Waals surface area contributed by atoms with Crippen molar-refractivity contribution in [3.8, 4) is 16.9 Å². The van der Waals surface area contributed by atoms with Gasteiger partial charge in [0, 0.05) is 24.2 Å². The maximum absolute atomic E-state index is 12.8. The number of methoxy groups -OCH3 is 1. The Labute approximate surface area is 128 Å². The molecular weight excluding hydrogens is 274 g/mol. The van der Waals surface area contributed by atoms with Gasteiger partial charge in [0.1, 0.15) is 5.75 Å². The van der Waals surface area contributed by atoms with Gasteiger partial charge in [0.05, 0.1) is 12.5 Å². The summed E-state index contributed by atoms with van der Waals surface area (Å²) in [6.07, 6.45) is 0.830. The Morgan fingerprint density at radius 1 is 1.14 bits per heavy atom. The van der Waals surface area contributed by atoms with Crippen LogP contribution in [0.2, 0.25) is 0 Å². The summed E-state index contributed by atoms with van der Waals surface area (Å²) < 4.78 is 7.19. The molecule has 0 radical (unpaired) electrons. The maximum Gasteiger partial charge on any atom is 0.258 e. The molecule has 0 bridgehead atoms. The fraction of sp³-hybridized carbons (Fsp3) is 0.211. The van der Waals surface area contributed by atoms with Gasteiger partial charge in [-0.05, 0) is 41.6 Å². The third-order valence-corrected chi connectivity index (χ3v) is 4.55. The summed E-state index contributed by atoms with van der Waals surface area (Å²) in [7, 11) is 1.63. The highest BCUT2D eigenvalue weighted by molar-refractivity contribution is 6.00. The van der Waals surface area contributed by atoms with E-state index in [0.717, 1.165) is 28.6 Å². The molecule has 4 rings (SSSR count). The lowest BCUT2D eigenvalue weighted by Gasteiger charge is -2.14. The first-order chi connectivity index (χ1) is 10.7. The molecule has 0 fully saturated rings. The van der Waals surface area contributed by atoms with Gasteiger partial charge in [-0.3, -0.25) is 4.79 Å².